The van der Waals surface area contributed by atoms with Gasteiger partial charge in [-0.3, -0.25) is 5.41 Å². The van der Waals surface area contributed by atoms with E-state index in [-0.39, 0.29) is 5.84 Å². The Morgan fingerprint density at radius 1 is 1.28 bits per heavy atom. The fourth-order valence-electron chi connectivity index (χ4n) is 1.73. The van der Waals surface area contributed by atoms with E-state index in [0.29, 0.717) is 0 Å². The summed E-state index contributed by atoms with van der Waals surface area (Å²) in [6.45, 7) is 2.07. The normalized spacial score (nSPS) is 10.7. The van der Waals surface area contributed by atoms with Gasteiger partial charge < -0.3 is 15.5 Å². The van der Waals surface area contributed by atoms with Gasteiger partial charge in [-0.2, -0.15) is 0 Å². The summed E-state index contributed by atoms with van der Waals surface area (Å²) >= 11 is 3.53. The Morgan fingerprint density at radius 3 is 2.44 bits per heavy atom. The second kappa shape index (κ2) is 6.75. The van der Waals surface area contributed by atoms with Crippen LogP contribution in [0.4, 0.5) is 5.69 Å². The fourth-order valence-corrected chi connectivity index (χ4v) is 2.41. The molecule has 1 rings (SSSR count). The van der Waals surface area contributed by atoms with Gasteiger partial charge in [0.25, 0.3) is 0 Å². The smallest absolute Gasteiger partial charge is 0.122 e. The van der Waals surface area contributed by atoms with Crippen LogP contribution in [0.1, 0.15) is 12.0 Å². The maximum Gasteiger partial charge on any atom is 0.122 e. The van der Waals surface area contributed by atoms with Crippen LogP contribution in [0.25, 0.3) is 0 Å². The Morgan fingerprint density at radius 2 is 1.94 bits per heavy atom. The molecule has 5 heteroatoms. The molecule has 0 aliphatic carbocycles. The quantitative estimate of drug-likeness (QED) is 0.625. The second-order valence-corrected chi connectivity index (χ2v) is 5.51. The number of hydrogen-bond acceptors (Lipinski definition) is 3. The number of anilines is 1. The second-order valence-electron chi connectivity index (χ2n) is 4.66. The fraction of sp³-hybridized carbons (Fsp3) is 0.462. The minimum Gasteiger partial charge on any atom is -0.384 e. The molecule has 18 heavy (non-hydrogen) atoms. The van der Waals surface area contributed by atoms with Crippen molar-refractivity contribution in [1.29, 1.82) is 5.41 Å². The van der Waals surface area contributed by atoms with E-state index in [0.717, 1.165) is 35.2 Å². The first-order valence-corrected chi connectivity index (χ1v) is 6.71. The molecule has 0 heterocycles. The number of nitrogen functional groups attached to an aromatic ring is 1. The zero-order valence-corrected chi connectivity index (χ0v) is 12.8. The first kappa shape index (κ1) is 15.0. The predicted molar refractivity (Wildman–Crippen MR) is 81.6 cm³/mol. The lowest BCUT2D eigenvalue weighted by Gasteiger charge is -2.22. The Bertz CT molecular complexity index is 417. The SMILES string of the molecule is CN(C)CCCN(C)c1ccc(C(=N)N)cc1Br. The number of nitrogens with two attached hydrogens (primary N) is 1. The third-order valence-electron chi connectivity index (χ3n) is 2.77. The Hall–Kier alpha value is -1.07. The monoisotopic (exact) mass is 312 g/mol. The molecule has 0 unspecified atom stereocenters. The zero-order valence-electron chi connectivity index (χ0n) is 11.2. The average molecular weight is 313 g/mol. The lowest BCUT2D eigenvalue weighted by Crippen LogP contribution is -2.23. The molecule has 0 aromatic heterocycles. The molecule has 100 valence electrons. The van der Waals surface area contributed by atoms with Crippen molar-refractivity contribution in [2.45, 2.75) is 6.42 Å². The Labute approximate surface area is 117 Å². The van der Waals surface area contributed by atoms with Crippen LogP contribution in [0.2, 0.25) is 0 Å². The van der Waals surface area contributed by atoms with Crippen LogP contribution in [0, 0.1) is 5.41 Å². The van der Waals surface area contributed by atoms with E-state index in [1.54, 1.807) is 0 Å². The van der Waals surface area contributed by atoms with Gasteiger partial charge >= 0.3 is 0 Å². The number of halogens is 1. The van der Waals surface area contributed by atoms with Crippen molar-refractivity contribution in [2.75, 3.05) is 39.1 Å². The summed E-state index contributed by atoms with van der Waals surface area (Å²) in [7, 11) is 6.23. The number of nitrogens with one attached hydrogen (secondary N) is 1. The van der Waals surface area contributed by atoms with Crippen molar-refractivity contribution >= 4 is 27.5 Å². The molecule has 0 spiro atoms. The standard InChI is InChI=1S/C13H21BrN4/c1-17(2)7-4-8-18(3)12-6-5-10(13(15)16)9-11(12)14/h5-6,9H,4,7-8H2,1-3H3,(H3,15,16). The summed E-state index contributed by atoms with van der Waals surface area (Å²) in [6.07, 6.45) is 1.12. The molecule has 0 fully saturated rings. The summed E-state index contributed by atoms with van der Waals surface area (Å²) in [5.41, 5.74) is 7.33. The van der Waals surface area contributed by atoms with Gasteiger partial charge in [-0.1, -0.05) is 0 Å². The molecule has 0 saturated carbocycles. The number of rotatable bonds is 6. The highest BCUT2D eigenvalue weighted by atomic mass is 79.9. The topological polar surface area (TPSA) is 56.4 Å². The first-order valence-electron chi connectivity index (χ1n) is 5.91. The van der Waals surface area contributed by atoms with Crippen molar-refractivity contribution in [3.05, 3.63) is 28.2 Å². The number of nitrogens with zero attached hydrogens (tertiary/aromatic N) is 2. The molecule has 0 bridgehead atoms. The largest absolute Gasteiger partial charge is 0.384 e. The average Bonchev–Trinajstić information content (AvgIpc) is 2.27. The van der Waals surface area contributed by atoms with Gasteiger partial charge in [0.2, 0.25) is 0 Å². The summed E-state index contributed by atoms with van der Waals surface area (Å²) in [4.78, 5) is 4.39. The van der Waals surface area contributed by atoms with Gasteiger partial charge in [0.05, 0.1) is 5.69 Å². The van der Waals surface area contributed by atoms with Crippen LogP contribution in [0.5, 0.6) is 0 Å². The predicted octanol–water partition coefficient (Wildman–Crippen LogP) is 2.12. The lowest BCUT2D eigenvalue weighted by molar-refractivity contribution is 0.401. The van der Waals surface area contributed by atoms with Gasteiger partial charge in [-0.05, 0) is 61.2 Å². The maximum atomic E-state index is 7.41. The third-order valence-corrected chi connectivity index (χ3v) is 3.40. The minimum atomic E-state index is 0.0949. The minimum absolute atomic E-state index is 0.0949. The molecule has 0 saturated heterocycles. The maximum absolute atomic E-state index is 7.41. The first-order chi connectivity index (χ1) is 8.41. The molecular weight excluding hydrogens is 292 g/mol. The molecule has 0 aliphatic rings. The van der Waals surface area contributed by atoms with Crippen LogP contribution >= 0.6 is 15.9 Å². The molecule has 3 N–H and O–H groups in total. The number of hydrogen-bond donors (Lipinski definition) is 2. The highest BCUT2D eigenvalue weighted by molar-refractivity contribution is 9.10. The van der Waals surface area contributed by atoms with Crippen LogP contribution in [-0.4, -0.2) is 45.0 Å². The van der Waals surface area contributed by atoms with E-state index in [1.165, 1.54) is 0 Å². The number of amidine groups is 1. The van der Waals surface area contributed by atoms with Crippen molar-refractivity contribution in [1.82, 2.24) is 4.90 Å². The van der Waals surface area contributed by atoms with Crippen LogP contribution in [0.3, 0.4) is 0 Å². The summed E-state index contributed by atoms with van der Waals surface area (Å²) in [5, 5.41) is 7.41. The van der Waals surface area contributed by atoms with E-state index < -0.39 is 0 Å². The van der Waals surface area contributed by atoms with E-state index in [2.05, 4.69) is 46.9 Å². The van der Waals surface area contributed by atoms with E-state index in [1.807, 2.05) is 18.2 Å². The Balaban J connectivity index is 2.68. The third kappa shape index (κ3) is 4.31. The lowest BCUT2D eigenvalue weighted by atomic mass is 10.2. The molecule has 1 aromatic carbocycles. The van der Waals surface area contributed by atoms with Gasteiger partial charge in [0.1, 0.15) is 5.84 Å². The molecule has 4 nitrogen and oxygen atoms in total. The molecule has 0 amide bonds. The van der Waals surface area contributed by atoms with Crippen LogP contribution in [-0.2, 0) is 0 Å². The van der Waals surface area contributed by atoms with Crippen molar-refractivity contribution in [3.8, 4) is 0 Å². The molecular formula is C13H21BrN4. The van der Waals surface area contributed by atoms with Gasteiger partial charge in [-0.25, -0.2) is 0 Å². The number of benzene rings is 1. The summed E-state index contributed by atoms with van der Waals surface area (Å²) < 4.78 is 0.975. The van der Waals surface area contributed by atoms with Gasteiger partial charge in [-0.15, -0.1) is 0 Å². The summed E-state index contributed by atoms with van der Waals surface area (Å²) in [6, 6.07) is 5.77. The van der Waals surface area contributed by atoms with E-state index >= 15 is 0 Å². The van der Waals surface area contributed by atoms with Gasteiger partial charge in [0.15, 0.2) is 0 Å². The van der Waals surface area contributed by atoms with E-state index in [4.69, 9.17) is 11.1 Å². The highest BCUT2D eigenvalue weighted by Crippen LogP contribution is 2.26. The highest BCUT2D eigenvalue weighted by Gasteiger charge is 2.07. The van der Waals surface area contributed by atoms with E-state index in [9.17, 15) is 0 Å². The van der Waals surface area contributed by atoms with Crippen molar-refractivity contribution in [2.24, 2.45) is 5.73 Å². The van der Waals surface area contributed by atoms with Crippen LogP contribution < -0.4 is 10.6 Å². The zero-order chi connectivity index (χ0) is 13.7. The molecule has 1 aromatic rings. The van der Waals surface area contributed by atoms with Gasteiger partial charge in [0, 0.05) is 23.6 Å². The molecule has 0 atom stereocenters. The molecule has 0 radical (unpaired) electrons. The van der Waals surface area contributed by atoms with Crippen molar-refractivity contribution < 1.29 is 0 Å². The van der Waals surface area contributed by atoms with Crippen molar-refractivity contribution in [3.63, 3.8) is 0 Å². The Kier molecular flexibility index (Phi) is 5.62. The van der Waals surface area contributed by atoms with Crippen LogP contribution in [0.15, 0.2) is 22.7 Å². The molecule has 0 aliphatic heterocycles. The summed E-state index contributed by atoms with van der Waals surface area (Å²) in [5.74, 6) is 0.0949.